The molecule has 1 atom stereocenters. The zero-order valence-corrected chi connectivity index (χ0v) is 21.4. The third-order valence-corrected chi connectivity index (χ3v) is 7.21. The topological polar surface area (TPSA) is 68.5 Å². The lowest BCUT2D eigenvalue weighted by Crippen LogP contribution is -2.48. The highest BCUT2D eigenvalue weighted by Crippen LogP contribution is 2.41. The van der Waals surface area contributed by atoms with Crippen molar-refractivity contribution in [1.82, 2.24) is 25.1 Å². The SMILES string of the molecule is COc1cccc(C(c2nnnn2C2CCCCC2)N2CCN(c3ccccc3)CC2)c1OC.Cl. The van der Waals surface area contributed by atoms with E-state index in [1.807, 2.05) is 12.1 Å². The summed E-state index contributed by atoms with van der Waals surface area (Å²) in [5.41, 5.74) is 2.31. The van der Waals surface area contributed by atoms with Crippen LogP contribution in [0.25, 0.3) is 0 Å². The molecule has 35 heavy (non-hydrogen) atoms. The van der Waals surface area contributed by atoms with Crippen LogP contribution in [0.3, 0.4) is 0 Å². The van der Waals surface area contributed by atoms with E-state index < -0.39 is 0 Å². The lowest BCUT2D eigenvalue weighted by molar-refractivity contribution is 0.190. The first-order valence-electron chi connectivity index (χ1n) is 12.3. The van der Waals surface area contributed by atoms with E-state index in [1.54, 1.807) is 14.2 Å². The van der Waals surface area contributed by atoms with Crippen molar-refractivity contribution in [2.24, 2.45) is 0 Å². The standard InChI is InChI=1S/C26H34N6O2.ClH/c1-33-23-15-9-14-22(25(23)34-2)24(26-27-28-29-32(26)21-12-7-4-8-13-21)31-18-16-30(17-19-31)20-10-5-3-6-11-20;/h3,5-6,9-11,14-15,21,24H,4,7-8,12-13,16-19H2,1-2H3;1H. The van der Waals surface area contributed by atoms with Crippen molar-refractivity contribution >= 4 is 18.1 Å². The van der Waals surface area contributed by atoms with Crippen LogP contribution in [-0.4, -0.2) is 65.5 Å². The average molecular weight is 499 g/mol. The number of aromatic nitrogens is 4. The predicted molar refractivity (Wildman–Crippen MR) is 139 cm³/mol. The van der Waals surface area contributed by atoms with E-state index in [0.717, 1.165) is 61.9 Å². The van der Waals surface area contributed by atoms with Gasteiger partial charge < -0.3 is 14.4 Å². The second kappa shape index (κ2) is 11.7. The second-order valence-corrected chi connectivity index (χ2v) is 9.12. The third kappa shape index (κ3) is 5.23. The van der Waals surface area contributed by atoms with Gasteiger partial charge in [0.1, 0.15) is 6.04 Å². The van der Waals surface area contributed by atoms with Crippen molar-refractivity contribution < 1.29 is 9.47 Å². The largest absolute Gasteiger partial charge is 0.493 e. The quantitative estimate of drug-likeness (QED) is 0.474. The van der Waals surface area contributed by atoms with Gasteiger partial charge in [0.2, 0.25) is 0 Å². The Kier molecular flexibility index (Phi) is 8.46. The Bertz CT molecular complexity index is 1060. The first kappa shape index (κ1) is 25.3. The highest BCUT2D eigenvalue weighted by Gasteiger charge is 2.35. The molecule has 1 aliphatic heterocycles. The molecular weight excluding hydrogens is 464 g/mol. The van der Waals surface area contributed by atoms with Crippen molar-refractivity contribution in [3.63, 3.8) is 0 Å². The zero-order valence-electron chi connectivity index (χ0n) is 20.5. The van der Waals surface area contributed by atoms with Gasteiger partial charge in [-0.1, -0.05) is 49.6 Å². The molecule has 1 aliphatic carbocycles. The van der Waals surface area contributed by atoms with Crippen LogP contribution >= 0.6 is 12.4 Å². The van der Waals surface area contributed by atoms with Gasteiger partial charge in [0.25, 0.3) is 0 Å². The molecule has 0 bridgehead atoms. The second-order valence-electron chi connectivity index (χ2n) is 9.12. The third-order valence-electron chi connectivity index (χ3n) is 7.21. The van der Waals surface area contributed by atoms with E-state index in [2.05, 4.69) is 66.4 Å². The van der Waals surface area contributed by atoms with Crippen molar-refractivity contribution in [2.45, 2.75) is 44.2 Å². The fraction of sp³-hybridized carbons (Fsp3) is 0.500. The summed E-state index contributed by atoms with van der Waals surface area (Å²) < 4.78 is 13.6. The number of anilines is 1. The van der Waals surface area contributed by atoms with Gasteiger partial charge in [0.05, 0.1) is 20.3 Å². The smallest absolute Gasteiger partial charge is 0.173 e. The summed E-state index contributed by atoms with van der Waals surface area (Å²) in [7, 11) is 3.39. The predicted octanol–water partition coefficient (Wildman–Crippen LogP) is 4.53. The average Bonchev–Trinajstić information content (AvgIpc) is 3.39. The zero-order chi connectivity index (χ0) is 23.3. The van der Waals surface area contributed by atoms with E-state index in [0.29, 0.717) is 6.04 Å². The van der Waals surface area contributed by atoms with Crippen LogP contribution in [0.15, 0.2) is 48.5 Å². The van der Waals surface area contributed by atoms with Gasteiger partial charge >= 0.3 is 0 Å². The summed E-state index contributed by atoms with van der Waals surface area (Å²) >= 11 is 0. The molecule has 0 spiro atoms. The Morgan fingerprint density at radius 2 is 1.60 bits per heavy atom. The number of benzene rings is 2. The van der Waals surface area contributed by atoms with Crippen molar-refractivity contribution in [3.05, 3.63) is 59.9 Å². The van der Waals surface area contributed by atoms with Crippen LogP contribution in [0.1, 0.15) is 55.6 Å². The molecule has 2 aromatic carbocycles. The van der Waals surface area contributed by atoms with Gasteiger partial charge in [-0.2, -0.15) is 0 Å². The van der Waals surface area contributed by atoms with Gasteiger partial charge in [0, 0.05) is 37.4 Å². The molecule has 2 heterocycles. The molecule has 9 heteroatoms. The van der Waals surface area contributed by atoms with Crippen LogP contribution < -0.4 is 14.4 Å². The van der Waals surface area contributed by atoms with E-state index in [-0.39, 0.29) is 18.4 Å². The summed E-state index contributed by atoms with van der Waals surface area (Å²) in [5.74, 6) is 2.37. The summed E-state index contributed by atoms with van der Waals surface area (Å²) in [6.45, 7) is 3.69. The van der Waals surface area contributed by atoms with Crippen molar-refractivity contribution in [2.75, 3.05) is 45.3 Å². The highest BCUT2D eigenvalue weighted by atomic mass is 35.5. The summed E-state index contributed by atoms with van der Waals surface area (Å²) in [5, 5.41) is 13.2. The Morgan fingerprint density at radius 1 is 0.857 bits per heavy atom. The fourth-order valence-corrected chi connectivity index (χ4v) is 5.47. The molecule has 1 aromatic heterocycles. The Labute approximate surface area is 213 Å². The van der Waals surface area contributed by atoms with Crippen LogP contribution in [-0.2, 0) is 0 Å². The fourth-order valence-electron chi connectivity index (χ4n) is 5.47. The number of methoxy groups -OCH3 is 2. The maximum atomic E-state index is 5.87. The minimum atomic E-state index is -0.111. The minimum Gasteiger partial charge on any atom is -0.493 e. The molecular formula is C26H35ClN6O2. The number of halogens is 1. The number of para-hydroxylation sites is 2. The Morgan fingerprint density at radius 3 is 2.29 bits per heavy atom. The molecule has 3 aromatic rings. The first-order valence-corrected chi connectivity index (χ1v) is 12.3. The molecule has 5 rings (SSSR count). The summed E-state index contributed by atoms with van der Waals surface area (Å²) in [6.07, 6.45) is 6.01. The molecule has 188 valence electrons. The van der Waals surface area contributed by atoms with E-state index >= 15 is 0 Å². The Hall–Kier alpha value is -2.84. The van der Waals surface area contributed by atoms with Gasteiger partial charge in [-0.25, -0.2) is 4.68 Å². The van der Waals surface area contributed by atoms with Crippen LogP contribution in [0.4, 0.5) is 5.69 Å². The maximum Gasteiger partial charge on any atom is 0.173 e. The lowest BCUT2D eigenvalue weighted by Gasteiger charge is -2.40. The van der Waals surface area contributed by atoms with Crippen molar-refractivity contribution in [3.8, 4) is 11.5 Å². The molecule has 1 saturated heterocycles. The number of hydrogen-bond acceptors (Lipinski definition) is 7. The lowest BCUT2D eigenvalue weighted by atomic mass is 9.94. The molecule has 0 N–H and O–H groups in total. The number of nitrogens with zero attached hydrogens (tertiary/aromatic N) is 6. The van der Waals surface area contributed by atoms with E-state index in [1.165, 1.54) is 24.9 Å². The molecule has 8 nitrogen and oxygen atoms in total. The summed E-state index contributed by atoms with van der Waals surface area (Å²) in [6, 6.07) is 17.0. The highest BCUT2D eigenvalue weighted by molar-refractivity contribution is 5.85. The molecule has 1 saturated carbocycles. The van der Waals surface area contributed by atoms with Crippen LogP contribution in [0, 0.1) is 0 Å². The van der Waals surface area contributed by atoms with E-state index in [4.69, 9.17) is 9.47 Å². The number of ether oxygens (including phenoxy) is 2. The molecule has 0 amide bonds. The van der Waals surface area contributed by atoms with E-state index in [9.17, 15) is 0 Å². The molecule has 2 aliphatic rings. The van der Waals surface area contributed by atoms with Gasteiger partial charge in [0.15, 0.2) is 17.3 Å². The van der Waals surface area contributed by atoms with Gasteiger partial charge in [-0.15, -0.1) is 17.5 Å². The maximum absolute atomic E-state index is 5.87. The van der Waals surface area contributed by atoms with Crippen LogP contribution in [0.5, 0.6) is 11.5 Å². The molecule has 0 radical (unpaired) electrons. The van der Waals surface area contributed by atoms with Gasteiger partial charge in [-0.3, -0.25) is 4.90 Å². The minimum absolute atomic E-state index is 0. The number of tetrazole rings is 1. The van der Waals surface area contributed by atoms with Gasteiger partial charge in [-0.05, 0) is 41.5 Å². The molecule has 2 fully saturated rings. The monoisotopic (exact) mass is 498 g/mol. The number of piperazine rings is 1. The van der Waals surface area contributed by atoms with Crippen molar-refractivity contribution in [1.29, 1.82) is 0 Å². The number of hydrogen-bond donors (Lipinski definition) is 0. The van der Waals surface area contributed by atoms with Crippen LogP contribution in [0.2, 0.25) is 0 Å². The normalized spacial score (nSPS) is 18.1. The number of rotatable bonds is 7. The molecule has 1 unspecified atom stereocenters. The summed E-state index contributed by atoms with van der Waals surface area (Å²) in [4.78, 5) is 4.93. The first-order chi connectivity index (χ1) is 16.8. The Balaban J connectivity index is 0.00000289.